The van der Waals surface area contributed by atoms with E-state index < -0.39 is 6.29 Å². The van der Waals surface area contributed by atoms with Crippen LogP contribution in [0.3, 0.4) is 0 Å². The Labute approximate surface area is 169 Å². The number of aliphatic hydroxyl groups excluding tert-OH is 1. The molecule has 1 unspecified atom stereocenters. The first kappa shape index (κ1) is 22.6. The minimum atomic E-state index is -0.887. The summed E-state index contributed by atoms with van der Waals surface area (Å²) in [5.41, 5.74) is 6.03. The summed E-state index contributed by atoms with van der Waals surface area (Å²) in [4.78, 5) is 40.7. The number of aldehydes is 2. The van der Waals surface area contributed by atoms with E-state index in [2.05, 4.69) is 9.97 Å². The molecule has 2 aromatic heterocycles. The minimum absolute atomic E-state index is 0.205. The Morgan fingerprint density at radius 3 is 1.97 bits per heavy atom. The summed E-state index contributed by atoms with van der Waals surface area (Å²) in [6.45, 7) is 3.69. The number of aliphatic hydroxyl groups is 1. The topological polar surface area (TPSA) is 121 Å². The molecule has 2 rings (SSSR count). The normalized spacial score (nSPS) is 12.0. The summed E-state index contributed by atoms with van der Waals surface area (Å²) >= 11 is 0. The van der Waals surface area contributed by atoms with Gasteiger partial charge in [0.2, 0.25) is 0 Å². The van der Waals surface area contributed by atoms with E-state index in [4.69, 9.17) is 9.47 Å². The summed E-state index contributed by atoms with van der Waals surface area (Å²) in [5.74, 6) is -0.322. The number of aromatic nitrogens is 2. The lowest BCUT2D eigenvalue weighted by atomic mass is 9.98. The molecule has 0 aliphatic carbocycles. The highest BCUT2D eigenvalue weighted by molar-refractivity contribution is 5.77. The number of esters is 1. The number of methoxy groups -OCH3 is 2. The van der Waals surface area contributed by atoms with Gasteiger partial charge in [0.15, 0.2) is 18.9 Å². The van der Waals surface area contributed by atoms with Gasteiger partial charge in [-0.3, -0.25) is 14.4 Å². The van der Waals surface area contributed by atoms with Crippen LogP contribution >= 0.6 is 0 Å². The van der Waals surface area contributed by atoms with Gasteiger partial charge in [-0.15, -0.1) is 0 Å². The van der Waals surface area contributed by atoms with E-state index >= 15 is 0 Å². The first-order valence-electron chi connectivity index (χ1n) is 9.44. The molecule has 29 heavy (non-hydrogen) atoms. The van der Waals surface area contributed by atoms with Gasteiger partial charge < -0.3 is 24.5 Å². The number of hydrogen-bond acceptors (Lipinski definition) is 6. The van der Waals surface area contributed by atoms with Gasteiger partial charge in [-0.25, -0.2) is 0 Å². The Balaban J connectivity index is 2.38. The molecule has 0 amide bonds. The minimum Gasteiger partial charge on any atom is -0.469 e. The molecule has 8 nitrogen and oxygen atoms in total. The van der Waals surface area contributed by atoms with E-state index in [1.807, 2.05) is 13.8 Å². The van der Waals surface area contributed by atoms with E-state index in [1.54, 1.807) is 0 Å². The summed E-state index contributed by atoms with van der Waals surface area (Å²) in [6.07, 6.45) is 2.63. The van der Waals surface area contributed by atoms with Crippen LogP contribution in [0.4, 0.5) is 0 Å². The van der Waals surface area contributed by atoms with Crippen molar-refractivity contribution >= 4 is 18.5 Å². The number of carbonyl (C=O) groups is 3. The summed E-state index contributed by atoms with van der Waals surface area (Å²) < 4.78 is 9.63. The molecule has 0 aliphatic heterocycles. The van der Waals surface area contributed by atoms with Crippen LogP contribution < -0.4 is 0 Å². The summed E-state index contributed by atoms with van der Waals surface area (Å²) in [5, 5.41) is 9.73. The van der Waals surface area contributed by atoms with Gasteiger partial charge in [-0.2, -0.15) is 0 Å². The van der Waals surface area contributed by atoms with Crippen LogP contribution in [0.1, 0.15) is 67.5 Å². The lowest BCUT2D eigenvalue weighted by molar-refractivity contribution is -0.140. The predicted octanol–water partition coefficient (Wildman–Crippen LogP) is 2.18. The van der Waals surface area contributed by atoms with Crippen LogP contribution in [0.25, 0.3) is 0 Å². The average molecular weight is 404 g/mol. The lowest BCUT2D eigenvalue weighted by Gasteiger charge is -2.10. The molecule has 0 fully saturated rings. The molecule has 8 heteroatoms. The quantitative estimate of drug-likeness (QED) is 0.300. The van der Waals surface area contributed by atoms with Crippen molar-refractivity contribution in [3.05, 3.63) is 45.0 Å². The van der Waals surface area contributed by atoms with Crippen molar-refractivity contribution in [1.29, 1.82) is 0 Å². The molecule has 0 saturated heterocycles. The van der Waals surface area contributed by atoms with Crippen molar-refractivity contribution in [2.75, 3.05) is 14.2 Å². The van der Waals surface area contributed by atoms with Crippen LogP contribution in [0.2, 0.25) is 0 Å². The van der Waals surface area contributed by atoms with Gasteiger partial charge >= 0.3 is 5.97 Å². The zero-order valence-electron chi connectivity index (χ0n) is 17.3. The first-order chi connectivity index (χ1) is 13.9. The molecule has 0 aromatic carbocycles. The second-order valence-electron chi connectivity index (χ2n) is 6.96. The van der Waals surface area contributed by atoms with E-state index in [0.29, 0.717) is 37.1 Å². The highest BCUT2D eigenvalue weighted by Crippen LogP contribution is 2.26. The third kappa shape index (κ3) is 5.21. The maximum atomic E-state index is 11.6. The van der Waals surface area contributed by atoms with Crippen molar-refractivity contribution in [1.82, 2.24) is 9.97 Å². The van der Waals surface area contributed by atoms with Gasteiger partial charge in [0, 0.05) is 37.8 Å². The third-order valence-electron chi connectivity index (χ3n) is 5.32. The number of ether oxygens (including phenoxy) is 2. The average Bonchev–Trinajstić information content (AvgIpc) is 3.19. The first-order valence-corrected chi connectivity index (χ1v) is 9.44. The van der Waals surface area contributed by atoms with E-state index in [9.17, 15) is 19.5 Å². The monoisotopic (exact) mass is 404 g/mol. The van der Waals surface area contributed by atoms with Gasteiger partial charge in [0.25, 0.3) is 0 Å². The molecule has 0 radical (unpaired) electrons. The van der Waals surface area contributed by atoms with Crippen LogP contribution in [0, 0.1) is 13.8 Å². The van der Waals surface area contributed by atoms with E-state index in [1.165, 1.54) is 14.2 Å². The molecule has 0 saturated carbocycles. The Kier molecular flexibility index (Phi) is 7.92. The molecule has 0 bridgehead atoms. The smallest absolute Gasteiger partial charge is 0.305 e. The van der Waals surface area contributed by atoms with Crippen molar-refractivity contribution in [2.24, 2.45) is 0 Å². The molecule has 2 aromatic rings. The number of H-pyrrole nitrogens is 2. The number of nitrogens with one attached hydrogen (secondary N) is 2. The molecule has 0 aliphatic rings. The maximum Gasteiger partial charge on any atom is 0.305 e. The van der Waals surface area contributed by atoms with Crippen molar-refractivity contribution in [3.8, 4) is 0 Å². The third-order valence-corrected chi connectivity index (χ3v) is 5.32. The van der Waals surface area contributed by atoms with Crippen LogP contribution in [0.5, 0.6) is 0 Å². The number of hydrogen-bond donors (Lipinski definition) is 3. The van der Waals surface area contributed by atoms with Crippen molar-refractivity contribution < 1.29 is 29.0 Å². The van der Waals surface area contributed by atoms with Gasteiger partial charge in [-0.05, 0) is 48.9 Å². The van der Waals surface area contributed by atoms with Gasteiger partial charge in [-0.1, -0.05) is 0 Å². The largest absolute Gasteiger partial charge is 0.469 e. The Bertz CT molecular complexity index is 880. The molecule has 0 spiro atoms. The summed E-state index contributed by atoms with van der Waals surface area (Å²) in [6, 6.07) is 0. The molecule has 1 atom stereocenters. The highest BCUT2D eigenvalue weighted by atomic mass is 16.6. The summed E-state index contributed by atoms with van der Waals surface area (Å²) in [7, 11) is 2.77. The molecular formula is C21H28N2O6. The standard InChI is InChI=1S/C21H28N2O6/c1-12-14(5-7-20(26)28-3)16(22-18(12)10-24)9-17-15(6-8-21(27)29-4)13(2)19(11-25)23-17/h10-11,20,22-23,26H,5-9H2,1-4H3. The molecule has 3 N–H and O–H groups in total. The molecular weight excluding hydrogens is 376 g/mol. The fourth-order valence-corrected chi connectivity index (χ4v) is 3.55. The predicted molar refractivity (Wildman–Crippen MR) is 106 cm³/mol. The second-order valence-corrected chi connectivity index (χ2v) is 6.96. The van der Waals surface area contributed by atoms with Crippen LogP contribution in [-0.4, -0.2) is 54.1 Å². The number of rotatable bonds is 11. The molecule has 158 valence electrons. The second kappa shape index (κ2) is 10.2. The SMILES string of the molecule is COC(=O)CCc1c(Cc2[nH]c(C=O)c(C)c2CCC(O)OC)[nH]c(C=O)c1C. The maximum absolute atomic E-state index is 11.6. The number of aromatic amines is 2. The van der Waals surface area contributed by atoms with Gasteiger partial charge in [0.1, 0.15) is 0 Å². The van der Waals surface area contributed by atoms with Gasteiger partial charge in [0.05, 0.1) is 18.5 Å². The lowest BCUT2D eigenvalue weighted by Crippen LogP contribution is -2.11. The Morgan fingerprint density at radius 1 is 1.00 bits per heavy atom. The Hall–Kier alpha value is -2.71. The zero-order chi connectivity index (χ0) is 21.6. The fraction of sp³-hybridized carbons (Fsp3) is 0.476. The zero-order valence-corrected chi connectivity index (χ0v) is 17.3. The highest BCUT2D eigenvalue weighted by Gasteiger charge is 2.20. The molecule has 2 heterocycles. The van der Waals surface area contributed by atoms with Crippen molar-refractivity contribution in [3.63, 3.8) is 0 Å². The fourth-order valence-electron chi connectivity index (χ4n) is 3.55. The van der Waals surface area contributed by atoms with E-state index in [-0.39, 0.29) is 12.4 Å². The van der Waals surface area contributed by atoms with E-state index in [0.717, 1.165) is 46.2 Å². The number of carbonyl (C=O) groups excluding carboxylic acids is 3. The Morgan fingerprint density at radius 2 is 1.52 bits per heavy atom. The van der Waals surface area contributed by atoms with Crippen LogP contribution in [-0.2, 0) is 33.5 Å². The van der Waals surface area contributed by atoms with Crippen molar-refractivity contribution in [2.45, 2.75) is 52.2 Å². The van der Waals surface area contributed by atoms with Crippen LogP contribution in [0.15, 0.2) is 0 Å².